The van der Waals surface area contributed by atoms with Crippen molar-refractivity contribution in [2.45, 2.75) is 32.4 Å². The van der Waals surface area contributed by atoms with Crippen LogP contribution >= 0.6 is 0 Å². The summed E-state index contributed by atoms with van der Waals surface area (Å²) in [6.45, 7) is 6.18. The lowest BCUT2D eigenvalue weighted by Crippen LogP contribution is -2.31. The van der Waals surface area contributed by atoms with Crippen molar-refractivity contribution in [3.63, 3.8) is 0 Å². The van der Waals surface area contributed by atoms with Crippen LogP contribution in [0, 0.1) is 5.92 Å². The Morgan fingerprint density at radius 1 is 1.40 bits per heavy atom. The number of fused-ring (bicyclic) bond motifs is 1. The Labute approximate surface area is 120 Å². The third kappa shape index (κ3) is 2.56. The van der Waals surface area contributed by atoms with Crippen molar-refractivity contribution in [3.8, 4) is 0 Å². The number of hydrogen-bond donors (Lipinski definition) is 1. The molecule has 1 aliphatic rings. The number of pyridine rings is 1. The topological polar surface area (TPSA) is 34.2 Å². The fourth-order valence-electron chi connectivity index (χ4n) is 3.20. The molecule has 106 valence electrons. The fourth-order valence-corrected chi connectivity index (χ4v) is 3.20. The van der Waals surface area contributed by atoms with E-state index in [1.165, 1.54) is 10.9 Å². The average molecular weight is 270 g/mol. The highest BCUT2D eigenvalue weighted by Crippen LogP contribution is 2.34. The van der Waals surface area contributed by atoms with Crippen molar-refractivity contribution in [3.05, 3.63) is 42.1 Å². The summed E-state index contributed by atoms with van der Waals surface area (Å²) in [5.74, 6) is 0.538. The lowest BCUT2D eigenvalue weighted by molar-refractivity contribution is 0.0956. The van der Waals surface area contributed by atoms with E-state index in [9.17, 15) is 0 Å². The Bertz CT molecular complexity index is 584. The summed E-state index contributed by atoms with van der Waals surface area (Å²) in [5, 5.41) is 4.82. The molecule has 0 radical (unpaired) electrons. The van der Waals surface area contributed by atoms with Gasteiger partial charge in [0.2, 0.25) is 0 Å². The van der Waals surface area contributed by atoms with Gasteiger partial charge in [-0.05, 0) is 37.6 Å². The summed E-state index contributed by atoms with van der Waals surface area (Å²) in [6.07, 6.45) is 3.30. The van der Waals surface area contributed by atoms with Gasteiger partial charge in [-0.3, -0.25) is 4.98 Å². The number of benzene rings is 1. The minimum Gasteiger partial charge on any atom is -0.378 e. The molecule has 3 unspecified atom stereocenters. The lowest BCUT2D eigenvalue weighted by atomic mass is 9.88. The minimum atomic E-state index is 0.318. The minimum absolute atomic E-state index is 0.318. The largest absolute Gasteiger partial charge is 0.378 e. The molecule has 1 saturated heterocycles. The summed E-state index contributed by atoms with van der Waals surface area (Å²) in [6, 6.07) is 11.1. The molecule has 1 fully saturated rings. The summed E-state index contributed by atoms with van der Waals surface area (Å²) >= 11 is 0. The molecule has 0 aliphatic carbocycles. The van der Waals surface area contributed by atoms with Crippen molar-refractivity contribution in [2.75, 3.05) is 13.2 Å². The molecule has 2 heterocycles. The molecule has 3 atom stereocenters. The first-order valence-electron chi connectivity index (χ1n) is 7.49. The first kappa shape index (κ1) is 13.5. The lowest BCUT2D eigenvalue weighted by Gasteiger charge is -2.27. The van der Waals surface area contributed by atoms with E-state index in [0.717, 1.165) is 25.1 Å². The van der Waals surface area contributed by atoms with E-state index in [1.807, 2.05) is 12.3 Å². The predicted octanol–water partition coefficient (Wildman–Crippen LogP) is 3.31. The molecule has 0 bridgehead atoms. The van der Waals surface area contributed by atoms with Crippen LogP contribution in [-0.4, -0.2) is 24.2 Å². The van der Waals surface area contributed by atoms with Gasteiger partial charge < -0.3 is 10.1 Å². The molecule has 1 aromatic heterocycles. The molecule has 3 heteroatoms. The predicted molar refractivity (Wildman–Crippen MR) is 81.7 cm³/mol. The Morgan fingerprint density at radius 2 is 2.30 bits per heavy atom. The molecule has 0 saturated carbocycles. The van der Waals surface area contributed by atoms with Crippen LogP contribution in [0.3, 0.4) is 0 Å². The number of rotatable bonds is 4. The zero-order chi connectivity index (χ0) is 13.9. The quantitative estimate of drug-likeness (QED) is 0.925. The number of ether oxygens (including phenoxy) is 1. The summed E-state index contributed by atoms with van der Waals surface area (Å²) in [5.41, 5.74) is 2.39. The monoisotopic (exact) mass is 270 g/mol. The smallest absolute Gasteiger partial charge is 0.0705 e. The van der Waals surface area contributed by atoms with E-state index >= 15 is 0 Å². The van der Waals surface area contributed by atoms with Crippen molar-refractivity contribution in [1.29, 1.82) is 0 Å². The zero-order valence-corrected chi connectivity index (χ0v) is 12.2. The second kappa shape index (κ2) is 5.90. The first-order chi connectivity index (χ1) is 9.79. The van der Waals surface area contributed by atoms with Crippen LogP contribution in [0.15, 0.2) is 36.5 Å². The third-order valence-corrected chi connectivity index (χ3v) is 4.28. The molecule has 3 rings (SSSR count). The number of aromatic nitrogens is 1. The van der Waals surface area contributed by atoms with Gasteiger partial charge >= 0.3 is 0 Å². The SMILES string of the molecule is CCNC(c1ccc2cccnc2c1)C1CCOC1C. The Kier molecular flexibility index (Phi) is 3.99. The van der Waals surface area contributed by atoms with Crippen LogP contribution in [0.1, 0.15) is 31.9 Å². The molecule has 3 nitrogen and oxygen atoms in total. The van der Waals surface area contributed by atoms with Crippen LogP contribution in [0.2, 0.25) is 0 Å². The molecule has 2 aromatic rings. The first-order valence-corrected chi connectivity index (χ1v) is 7.49. The van der Waals surface area contributed by atoms with Crippen molar-refractivity contribution in [2.24, 2.45) is 5.92 Å². The van der Waals surface area contributed by atoms with E-state index in [-0.39, 0.29) is 0 Å². The maximum atomic E-state index is 5.75. The third-order valence-electron chi connectivity index (χ3n) is 4.28. The van der Waals surface area contributed by atoms with Gasteiger partial charge in [0.1, 0.15) is 0 Å². The van der Waals surface area contributed by atoms with Crippen LogP contribution in [0.25, 0.3) is 10.9 Å². The maximum absolute atomic E-state index is 5.75. The van der Waals surface area contributed by atoms with Gasteiger partial charge in [0.05, 0.1) is 11.6 Å². The molecule has 0 amide bonds. The summed E-state index contributed by atoms with van der Waals surface area (Å²) in [4.78, 5) is 4.47. The van der Waals surface area contributed by atoms with Gasteiger partial charge in [0.15, 0.2) is 0 Å². The van der Waals surface area contributed by atoms with Gasteiger partial charge in [-0.1, -0.05) is 25.1 Å². The van der Waals surface area contributed by atoms with Crippen LogP contribution in [0.4, 0.5) is 0 Å². The molecular weight excluding hydrogens is 248 g/mol. The second-order valence-corrected chi connectivity index (χ2v) is 5.52. The van der Waals surface area contributed by atoms with Gasteiger partial charge in [-0.25, -0.2) is 0 Å². The van der Waals surface area contributed by atoms with Gasteiger partial charge in [0, 0.05) is 30.1 Å². The number of hydrogen-bond acceptors (Lipinski definition) is 3. The molecule has 20 heavy (non-hydrogen) atoms. The van der Waals surface area contributed by atoms with E-state index < -0.39 is 0 Å². The Morgan fingerprint density at radius 3 is 3.05 bits per heavy atom. The van der Waals surface area contributed by atoms with Crippen LogP contribution in [-0.2, 0) is 4.74 Å². The highest BCUT2D eigenvalue weighted by molar-refractivity contribution is 5.79. The highest BCUT2D eigenvalue weighted by atomic mass is 16.5. The van der Waals surface area contributed by atoms with Gasteiger partial charge in [-0.2, -0.15) is 0 Å². The van der Waals surface area contributed by atoms with E-state index in [1.54, 1.807) is 0 Å². The van der Waals surface area contributed by atoms with Crippen molar-refractivity contribution >= 4 is 10.9 Å². The van der Waals surface area contributed by atoms with Crippen LogP contribution in [0.5, 0.6) is 0 Å². The van der Waals surface area contributed by atoms with Crippen molar-refractivity contribution in [1.82, 2.24) is 10.3 Å². The molecule has 1 N–H and O–H groups in total. The standard InChI is InChI=1S/C17H22N2O/c1-3-18-17(15-8-10-20-12(15)2)14-7-6-13-5-4-9-19-16(13)11-14/h4-7,9,11-12,15,17-18H,3,8,10H2,1-2H3. The second-order valence-electron chi connectivity index (χ2n) is 5.52. The fraction of sp³-hybridized carbons (Fsp3) is 0.471. The average Bonchev–Trinajstić information content (AvgIpc) is 2.90. The summed E-state index contributed by atoms with van der Waals surface area (Å²) in [7, 11) is 0. The Hall–Kier alpha value is -1.45. The summed E-state index contributed by atoms with van der Waals surface area (Å²) < 4.78 is 5.75. The molecular formula is C17H22N2O. The Balaban J connectivity index is 1.96. The van der Waals surface area contributed by atoms with E-state index in [4.69, 9.17) is 4.74 Å². The number of nitrogens with one attached hydrogen (secondary N) is 1. The van der Waals surface area contributed by atoms with Gasteiger partial charge in [0.25, 0.3) is 0 Å². The molecule has 1 aliphatic heterocycles. The van der Waals surface area contributed by atoms with Crippen molar-refractivity contribution < 1.29 is 4.74 Å². The molecule has 1 aromatic carbocycles. The van der Waals surface area contributed by atoms with E-state index in [0.29, 0.717) is 18.1 Å². The normalized spacial score (nSPS) is 24.1. The molecule has 0 spiro atoms. The van der Waals surface area contributed by atoms with E-state index in [2.05, 4.69) is 48.4 Å². The van der Waals surface area contributed by atoms with Gasteiger partial charge in [-0.15, -0.1) is 0 Å². The highest BCUT2D eigenvalue weighted by Gasteiger charge is 2.32. The maximum Gasteiger partial charge on any atom is 0.0705 e. The van der Waals surface area contributed by atoms with Crippen LogP contribution < -0.4 is 5.32 Å². The zero-order valence-electron chi connectivity index (χ0n) is 12.2. The number of nitrogens with zero attached hydrogens (tertiary/aromatic N) is 1.